The number of hydrogen-bond acceptors (Lipinski definition) is 6. The summed E-state index contributed by atoms with van der Waals surface area (Å²) in [5, 5.41) is 31.6. The van der Waals surface area contributed by atoms with Gasteiger partial charge in [0.05, 0.1) is 17.1 Å². The zero-order chi connectivity index (χ0) is 25.8. The third-order valence-electron chi connectivity index (χ3n) is 5.86. The van der Waals surface area contributed by atoms with Gasteiger partial charge in [-0.3, -0.25) is 9.59 Å². The van der Waals surface area contributed by atoms with Crippen molar-refractivity contribution in [2.45, 2.75) is 17.9 Å². The van der Waals surface area contributed by atoms with Crippen LogP contribution in [-0.2, 0) is 14.8 Å². The van der Waals surface area contributed by atoms with Gasteiger partial charge in [0.15, 0.2) is 0 Å². The van der Waals surface area contributed by atoms with Crippen molar-refractivity contribution >= 4 is 21.9 Å². The summed E-state index contributed by atoms with van der Waals surface area (Å²) in [6.45, 7) is 1.44. The first-order chi connectivity index (χ1) is 16.6. The van der Waals surface area contributed by atoms with Crippen LogP contribution in [0.15, 0.2) is 82.9 Å². The Labute approximate surface area is 203 Å². The Morgan fingerprint density at radius 1 is 1.11 bits per heavy atom. The molecule has 182 valence electrons. The van der Waals surface area contributed by atoms with Gasteiger partial charge in [0.1, 0.15) is 5.92 Å². The highest BCUT2D eigenvalue weighted by atomic mass is 32.2. The molecule has 3 N–H and O–H groups in total. The third-order valence-corrected chi connectivity index (χ3v) is 7.70. The minimum absolute atomic E-state index is 0.0627. The minimum atomic E-state index is -3.93. The number of carbonyl (C=O) groups excluding carboxylic acids is 1. The van der Waals surface area contributed by atoms with Crippen LogP contribution in [0.3, 0.4) is 0 Å². The predicted octanol–water partition coefficient (Wildman–Crippen LogP) is 2.45. The van der Waals surface area contributed by atoms with E-state index in [0.29, 0.717) is 11.1 Å². The van der Waals surface area contributed by atoms with Gasteiger partial charge in [0.2, 0.25) is 10.0 Å². The van der Waals surface area contributed by atoms with E-state index in [9.17, 15) is 28.2 Å². The number of rotatable bonds is 8. The van der Waals surface area contributed by atoms with E-state index in [4.69, 9.17) is 5.26 Å². The molecule has 1 aliphatic rings. The molecule has 0 fully saturated rings. The number of amides is 1. The lowest BCUT2D eigenvalue weighted by molar-refractivity contribution is -0.141. The molecule has 0 bridgehead atoms. The van der Waals surface area contributed by atoms with E-state index in [1.165, 1.54) is 43.5 Å². The number of nitrogens with zero attached hydrogens (tertiary/aromatic N) is 2. The molecule has 0 saturated heterocycles. The number of carbonyl (C=O) groups is 2. The Balaban J connectivity index is 1.73. The van der Waals surface area contributed by atoms with Crippen LogP contribution in [0.25, 0.3) is 0 Å². The second kappa shape index (κ2) is 10.7. The number of carboxylic acid groups (broad SMARTS) is 1. The molecule has 10 heteroatoms. The van der Waals surface area contributed by atoms with Gasteiger partial charge in [-0.15, -0.1) is 0 Å². The average molecular weight is 496 g/mol. The zero-order valence-corrected chi connectivity index (χ0v) is 19.9. The summed E-state index contributed by atoms with van der Waals surface area (Å²) in [6, 6.07) is 15.8. The molecule has 2 aromatic carbocycles. The molecule has 3 unspecified atom stereocenters. The maximum Gasteiger partial charge on any atom is 0.313 e. The Hall–Kier alpha value is -3.78. The lowest BCUT2D eigenvalue weighted by Gasteiger charge is -2.26. The number of nitrogens with one attached hydrogen (secondary N) is 1. The summed E-state index contributed by atoms with van der Waals surface area (Å²) in [4.78, 5) is 24.4. The molecule has 0 aliphatic heterocycles. The Bertz CT molecular complexity index is 1310. The van der Waals surface area contributed by atoms with E-state index in [2.05, 4.69) is 5.32 Å². The number of nitriles is 1. The number of aliphatic hydroxyl groups is 1. The van der Waals surface area contributed by atoms with Crippen molar-refractivity contribution in [3.8, 4) is 6.07 Å². The predicted molar refractivity (Wildman–Crippen MR) is 127 cm³/mol. The van der Waals surface area contributed by atoms with E-state index in [0.717, 1.165) is 4.31 Å². The molecule has 0 radical (unpaired) electrons. The van der Waals surface area contributed by atoms with Crippen LogP contribution in [0.2, 0.25) is 0 Å². The van der Waals surface area contributed by atoms with E-state index in [-0.39, 0.29) is 22.7 Å². The van der Waals surface area contributed by atoms with E-state index in [1.807, 2.05) is 6.07 Å². The fourth-order valence-electron chi connectivity index (χ4n) is 3.77. The molecule has 2 aromatic rings. The number of benzene rings is 2. The van der Waals surface area contributed by atoms with Crippen molar-refractivity contribution in [1.82, 2.24) is 9.62 Å². The number of sulfonamides is 1. The van der Waals surface area contributed by atoms with Crippen molar-refractivity contribution in [1.29, 1.82) is 5.26 Å². The number of likely N-dealkylation sites (N-methyl/N-ethyl adjacent to an activating group) is 1. The van der Waals surface area contributed by atoms with E-state index in [1.54, 1.807) is 37.3 Å². The van der Waals surface area contributed by atoms with Crippen molar-refractivity contribution in [3.63, 3.8) is 0 Å². The smallest absolute Gasteiger partial charge is 0.313 e. The molecular weight excluding hydrogens is 470 g/mol. The van der Waals surface area contributed by atoms with Crippen LogP contribution in [0.1, 0.15) is 28.9 Å². The topological polar surface area (TPSA) is 148 Å². The van der Waals surface area contributed by atoms with Crippen LogP contribution >= 0.6 is 0 Å². The highest BCUT2D eigenvalue weighted by molar-refractivity contribution is 7.89. The standard InChI is InChI=1S/C25H25N3O6S/c1-16-19(14-26)10-13-21(23(16)25(31)32)27-24(30)18-8-11-20(12-9-18)35(33,34)28(2)15-22(29)17-6-4-3-5-7-17/h3-13,16,22-23,29H,15H2,1-2H3,(H,27,30)(H,31,32). The average Bonchev–Trinajstić information content (AvgIpc) is 2.84. The maximum atomic E-state index is 12.9. The Kier molecular flexibility index (Phi) is 7.86. The van der Waals surface area contributed by atoms with Gasteiger partial charge >= 0.3 is 5.97 Å². The fraction of sp³-hybridized carbons (Fsp3) is 0.240. The van der Waals surface area contributed by atoms with Crippen LogP contribution in [0, 0.1) is 23.2 Å². The minimum Gasteiger partial charge on any atom is -0.481 e. The summed E-state index contributed by atoms with van der Waals surface area (Å²) in [6.07, 6.45) is 1.85. The van der Waals surface area contributed by atoms with Gasteiger partial charge < -0.3 is 15.5 Å². The second-order valence-corrected chi connectivity index (χ2v) is 10.2. The largest absolute Gasteiger partial charge is 0.481 e. The molecule has 9 nitrogen and oxygen atoms in total. The summed E-state index contributed by atoms with van der Waals surface area (Å²) >= 11 is 0. The Morgan fingerprint density at radius 3 is 2.31 bits per heavy atom. The summed E-state index contributed by atoms with van der Waals surface area (Å²) in [5.41, 5.74) is 1.15. The lowest BCUT2D eigenvalue weighted by atomic mass is 9.81. The first-order valence-corrected chi connectivity index (χ1v) is 12.2. The van der Waals surface area contributed by atoms with E-state index >= 15 is 0 Å². The number of aliphatic hydroxyl groups excluding tert-OH is 1. The Morgan fingerprint density at radius 2 is 1.74 bits per heavy atom. The van der Waals surface area contributed by atoms with Crippen LogP contribution in [0.4, 0.5) is 0 Å². The highest BCUT2D eigenvalue weighted by Crippen LogP contribution is 2.30. The number of carboxylic acids is 1. The molecule has 35 heavy (non-hydrogen) atoms. The summed E-state index contributed by atoms with van der Waals surface area (Å²) in [7, 11) is -2.58. The summed E-state index contributed by atoms with van der Waals surface area (Å²) < 4.78 is 26.9. The van der Waals surface area contributed by atoms with Gasteiger partial charge in [0.25, 0.3) is 5.91 Å². The van der Waals surface area contributed by atoms with Crippen LogP contribution in [0.5, 0.6) is 0 Å². The van der Waals surface area contributed by atoms with Gasteiger partial charge in [-0.1, -0.05) is 37.3 Å². The monoisotopic (exact) mass is 495 g/mol. The normalized spacial score (nSPS) is 18.7. The number of aliphatic carboxylic acids is 1. The van der Waals surface area contributed by atoms with Gasteiger partial charge in [-0.05, 0) is 42.0 Å². The van der Waals surface area contributed by atoms with Crippen molar-refractivity contribution < 1.29 is 28.2 Å². The fourth-order valence-corrected chi connectivity index (χ4v) is 4.95. The maximum absolute atomic E-state index is 12.9. The molecule has 3 atom stereocenters. The molecule has 1 amide bonds. The van der Waals surface area contributed by atoms with Gasteiger partial charge in [-0.2, -0.15) is 9.57 Å². The van der Waals surface area contributed by atoms with Crippen molar-refractivity contribution in [3.05, 3.63) is 89.1 Å². The van der Waals surface area contributed by atoms with Crippen molar-refractivity contribution in [2.75, 3.05) is 13.6 Å². The molecule has 0 saturated carbocycles. The first-order valence-electron chi connectivity index (χ1n) is 10.7. The molecule has 3 rings (SSSR count). The lowest BCUT2D eigenvalue weighted by Crippen LogP contribution is -2.36. The van der Waals surface area contributed by atoms with Crippen molar-refractivity contribution in [2.24, 2.45) is 11.8 Å². The highest BCUT2D eigenvalue weighted by Gasteiger charge is 2.34. The number of hydrogen-bond donors (Lipinski definition) is 3. The molecule has 1 aliphatic carbocycles. The summed E-state index contributed by atoms with van der Waals surface area (Å²) in [5.74, 6) is -3.50. The molecular formula is C25H25N3O6S. The van der Waals surface area contributed by atoms with Crippen LogP contribution < -0.4 is 5.32 Å². The quantitative estimate of drug-likeness (QED) is 0.509. The molecule has 0 spiro atoms. The van der Waals surface area contributed by atoms with Gasteiger partial charge in [0, 0.05) is 36.3 Å². The first kappa shape index (κ1) is 25.8. The van der Waals surface area contributed by atoms with Gasteiger partial charge in [-0.25, -0.2) is 8.42 Å². The SMILES string of the molecule is CC1C(C#N)=CC=C(NC(=O)c2ccc(S(=O)(=O)N(C)CC(O)c3ccccc3)cc2)C1C(=O)O. The van der Waals surface area contributed by atoms with Crippen LogP contribution in [-0.4, -0.2) is 48.4 Å². The third kappa shape index (κ3) is 5.66. The number of allylic oxidation sites excluding steroid dienone is 3. The zero-order valence-electron chi connectivity index (χ0n) is 19.1. The molecule has 0 heterocycles. The molecule has 0 aromatic heterocycles. The second-order valence-electron chi connectivity index (χ2n) is 8.15. The van der Waals surface area contributed by atoms with E-state index < -0.39 is 39.8 Å².